The van der Waals surface area contributed by atoms with Gasteiger partial charge in [0.2, 0.25) is 6.71 Å². The minimum absolute atomic E-state index is 0. The minimum Gasteiger partial charge on any atom is -0.308 e. The van der Waals surface area contributed by atoms with Crippen LogP contribution in [-0.2, 0) is 222 Å². The molecule has 142 heavy (non-hydrogen) atoms. The Labute approximate surface area is 1000 Å². The van der Waals surface area contributed by atoms with E-state index in [1.54, 1.807) is 0 Å². The van der Waals surface area contributed by atoms with Gasteiger partial charge in [-0.1, -0.05) is 366 Å². The normalized spacial score (nSPS) is 10.6. The summed E-state index contributed by atoms with van der Waals surface area (Å²) in [5, 5.41) is 5.05. The van der Waals surface area contributed by atoms with Gasteiger partial charge in [-0.05, 0) is 72.2 Å². The molecule has 0 saturated heterocycles. The summed E-state index contributed by atoms with van der Waals surface area (Å²) in [7, 11) is 0. The fourth-order valence-corrected chi connectivity index (χ4v) is 19.3. The second-order valence-corrected chi connectivity index (χ2v) is 30.9. The molecule has 0 bridgehead atoms. The van der Waals surface area contributed by atoms with E-state index in [1.807, 2.05) is 205 Å². The Bertz CT molecular complexity index is 6840. The fourth-order valence-electron chi connectivity index (χ4n) is 19.3. The molecule has 24 rings (SSSR count). The number of benzene rings is 18. The van der Waals surface area contributed by atoms with Crippen molar-refractivity contribution < 1.29 is 196 Å². The SMILES string of the molecule is CC.CC.CC.CC.CC.CC.CC.CC.CC.CC.[Y].[Y].[Y].[Y].[Y].[Y].[c-]1ccc2c(c1)Cc1cc(-n3c4c(-c5ccccc5)cccc4c4cccc(-c5ccccc5)c43)cc3c1B2c1cc(-c2[c-]cccc2)[c-]cc1C3.[c-]1ccccc1.[c-]1ccccc1-c1[c-]cc2c(c1)B1c3cc(-c4[c-]cccc4)[c-]cc3Cc3cc(-n4c5c(-c6ccccc6)cccc5c5cccc(-c6ccccc6)c54)cc(c31)C2. The van der Waals surface area contributed by atoms with Crippen LogP contribution < -0.4 is 32.8 Å². The van der Waals surface area contributed by atoms with Gasteiger partial charge in [-0.2, -0.15) is 215 Å². The molecule has 0 N–H and O–H groups in total. The number of para-hydroxylation sites is 4. The van der Waals surface area contributed by atoms with Gasteiger partial charge >= 0.3 is 0 Å². The largest absolute Gasteiger partial charge is 0.308 e. The second kappa shape index (κ2) is 63.1. The first-order chi connectivity index (χ1) is 67.6. The van der Waals surface area contributed by atoms with Crippen molar-refractivity contribution in [3.63, 3.8) is 0 Å². The molecule has 0 atom stereocenters. The Morgan fingerprint density at radius 1 is 0.197 bits per heavy atom. The van der Waals surface area contributed by atoms with E-state index in [2.05, 4.69) is 367 Å². The summed E-state index contributed by atoms with van der Waals surface area (Å²) < 4.78 is 5.15. The molecule has 700 valence electrons. The van der Waals surface area contributed by atoms with Gasteiger partial charge in [0.15, 0.2) is 6.71 Å². The van der Waals surface area contributed by atoms with Crippen LogP contribution in [-0.4, -0.2) is 22.6 Å². The first-order valence-electron chi connectivity index (χ1n) is 50.2. The van der Waals surface area contributed by atoms with Crippen LogP contribution in [0.4, 0.5) is 0 Å². The predicted molar refractivity (Wildman–Crippen MR) is 597 cm³/mol. The Kier molecular flexibility index (Phi) is 54.7. The van der Waals surface area contributed by atoms with Gasteiger partial charge in [-0.3, -0.25) is 0 Å². The van der Waals surface area contributed by atoms with Crippen LogP contribution in [0.2, 0.25) is 0 Å². The van der Waals surface area contributed by atoms with Crippen molar-refractivity contribution in [3.05, 3.63) is 469 Å². The quantitative estimate of drug-likeness (QED) is 0.101. The molecule has 4 aliphatic heterocycles. The molecule has 4 aliphatic rings. The predicted octanol–water partition coefficient (Wildman–Crippen LogP) is 32.2. The molecule has 0 saturated carbocycles. The summed E-state index contributed by atoms with van der Waals surface area (Å²) in [4.78, 5) is 0. The van der Waals surface area contributed by atoms with Gasteiger partial charge in [0.05, 0.1) is 22.1 Å². The molecule has 6 heterocycles. The van der Waals surface area contributed by atoms with Crippen molar-refractivity contribution in [2.45, 2.75) is 164 Å². The minimum atomic E-state index is 0. The maximum absolute atomic E-state index is 3.68. The summed E-state index contributed by atoms with van der Waals surface area (Å²) in [6, 6.07) is 163. The topological polar surface area (TPSA) is 9.86 Å². The maximum Gasteiger partial charge on any atom is 0.203 e. The number of fused-ring (bicyclic) bond motifs is 14. The first kappa shape index (κ1) is 123. The van der Waals surface area contributed by atoms with Crippen LogP contribution in [0.5, 0.6) is 0 Å². The molecule has 0 amide bonds. The molecule has 2 nitrogen and oxygen atoms in total. The van der Waals surface area contributed by atoms with Crippen LogP contribution in [0.15, 0.2) is 376 Å². The second-order valence-electron chi connectivity index (χ2n) is 30.9. The number of rotatable bonds is 9. The van der Waals surface area contributed by atoms with Gasteiger partial charge in [-0.25, -0.2) is 33.4 Å². The fraction of sp³-hybridized carbons (Fsp3) is 0.182. The zero-order valence-electron chi connectivity index (χ0n) is 87.1. The Hall–Kier alpha value is -7.69. The molecular weight excluding hydrogens is 2170 g/mol. The zero-order chi connectivity index (χ0) is 96.6. The van der Waals surface area contributed by atoms with Gasteiger partial charge < -0.3 is 9.13 Å². The van der Waals surface area contributed by atoms with Crippen molar-refractivity contribution in [1.29, 1.82) is 0 Å². The smallest absolute Gasteiger partial charge is 0.203 e. The summed E-state index contributed by atoms with van der Waals surface area (Å²) in [5.74, 6) is 0. The summed E-state index contributed by atoms with van der Waals surface area (Å²) in [5.41, 5.74) is 43.0. The van der Waals surface area contributed by atoms with E-state index >= 15 is 0 Å². The number of hydrogen-bond donors (Lipinski definition) is 0. The van der Waals surface area contributed by atoms with E-state index in [4.69, 9.17) is 0 Å². The molecule has 20 aromatic rings. The van der Waals surface area contributed by atoms with Gasteiger partial charge in [0.1, 0.15) is 0 Å². The first-order valence-corrected chi connectivity index (χ1v) is 50.2. The summed E-state index contributed by atoms with van der Waals surface area (Å²) >= 11 is 0. The van der Waals surface area contributed by atoms with Crippen molar-refractivity contribution in [1.82, 2.24) is 9.13 Å². The Balaban J connectivity index is 0.000000341. The number of hydrogen-bond acceptors (Lipinski definition) is 0. The van der Waals surface area contributed by atoms with E-state index in [1.165, 1.54) is 177 Å². The summed E-state index contributed by atoms with van der Waals surface area (Å²) in [6.07, 6.45) is 3.46. The molecule has 6 radical (unpaired) electrons. The van der Waals surface area contributed by atoms with E-state index in [-0.39, 0.29) is 210 Å². The van der Waals surface area contributed by atoms with Crippen molar-refractivity contribution in [2.24, 2.45) is 0 Å². The molecule has 0 unspecified atom stereocenters. The van der Waals surface area contributed by atoms with Crippen LogP contribution >= 0.6 is 0 Å². The molecule has 0 fully saturated rings. The molecule has 0 spiro atoms. The number of nitrogens with zero attached hydrogens (tertiary/aromatic N) is 2. The Morgan fingerprint density at radius 2 is 0.444 bits per heavy atom. The van der Waals surface area contributed by atoms with Gasteiger partial charge in [-0.15, -0.1) is 34.9 Å². The van der Waals surface area contributed by atoms with Crippen LogP contribution in [0, 0.1) is 48.5 Å². The monoisotopic (exact) mass is 2300 g/mol. The van der Waals surface area contributed by atoms with Crippen molar-refractivity contribution in [2.75, 3.05) is 0 Å². The van der Waals surface area contributed by atoms with Gasteiger partial charge in [0, 0.05) is 251 Å². The third-order valence-corrected chi connectivity index (χ3v) is 24.3. The van der Waals surface area contributed by atoms with Gasteiger partial charge in [0.25, 0.3) is 0 Å². The van der Waals surface area contributed by atoms with E-state index in [0.717, 1.165) is 59.1 Å². The summed E-state index contributed by atoms with van der Waals surface area (Å²) in [6.45, 7) is 40.2. The molecule has 10 heteroatoms. The van der Waals surface area contributed by atoms with Crippen LogP contribution in [0.1, 0.15) is 183 Å². The maximum atomic E-state index is 3.68. The van der Waals surface area contributed by atoms with E-state index in [0.29, 0.717) is 0 Å². The third-order valence-electron chi connectivity index (χ3n) is 24.3. The zero-order valence-corrected chi connectivity index (χ0v) is 104. The average Bonchev–Trinajstić information content (AvgIpc) is 1.43. The number of aromatic nitrogens is 2. The average molecular weight is 2300 g/mol. The molecule has 18 aromatic carbocycles. The van der Waals surface area contributed by atoms with Crippen LogP contribution in [0.3, 0.4) is 0 Å². The molecule has 2 aromatic heterocycles. The van der Waals surface area contributed by atoms with Crippen molar-refractivity contribution in [3.8, 4) is 89.3 Å². The third kappa shape index (κ3) is 26.7. The molecular formula is C132H130B2N2Y6-8. The van der Waals surface area contributed by atoms with Crippen molar-refractivity contribution >= 4 is 89.8 Å². The Morgan fingerprint density at radius 3 is 0.690 bits per heavy atom. The van der Waals surface area contributed by atoms with E-state index in [9.17, 15) is 0 Å². The van der Waals surface area contributed by atoms with Crippen LogP contribution in [0.25, 0.3) is 133 Å². The standard InChI is InChI=1S/C56H34BN.C50H31BN.C6H5.10C2H6.6Y/c1-5-15-37(16-6-1)41-27-29-43-31-45-33-47(34-46-32-44-30-28-42(38-17-7-2-8-18-38)36-53(44)57(54(45)46)52(43)35-41)58-55-48(39-19-9-3-10-20-39)23-13-25-50(55)51-26-14-24-49(56(51)58)40-21-11-4-12-22-40;1-4-14-33(15-5-1)36-26-27-38-29-40-31-41(30-39-28-37-20-10-11-25-46(37)51(48(39)40)47(38)32-36)52-49-42(34-16-6-2-7-17-34)21-12-23-44(49)45-24-13-22-43(50(45)52)35-18-8-3-9-19-35;1-2-4-6-5-3-1;10*1-2;;;;;;/h1-15,17,19-26,29-30,33-36H,31-32H2;1-9,11-14,16-25,27,30-32H,28-29H2;1-5H;10*1-2H3;;;;;;/q-4;-3;-1;;;;;;;;;;;;;;;;. The molecule has 0 aliphatic carbocycles. The van der Waals surface area contributed by atoms with E-state index < -0.39 is 0 Å².